The predicted octanol–water partition coefficient (Wildman–Crippen LogP) is 0.611. The quantitative estimate of drug-likeness (QED) is 0.715. The van der Waals surface area contributed by atoms with Gasteiger partial charge in [0.05, 0.1) is 7.11 Å². The number of methoxy groups -OCH3 is 1. The first-order chi connectivity index (χ1) is 8.60. The van der Waals surface area contributed by atoms with Crippen molar-refractivity contribution >= 4 is 17.8 Å². The fraction of sp³-hybridized carbons (Fsp3) is 0.364. The van der Waals surface area contributed by atoms with Gasteiger partial charge in [-0.25, -0.2) is 4.79 Å². The van der Waals surface area contributed by atoms with Crippen LogP contribution in [-0.4, -0.2) is 35.2 Å². The van der Waals surface area contributed by atoms with E-state index in [1.807, 2.05) is 6.07 Å². The summed E-state index contributed by atoms with van der Waals surface area (Å²) in [6.07, 6.45) is -0.249. The number of carbonyl (C=O) groups is 2. The number of carboxylic acid groups (broad SMARTS) is 1. The molecule has 7 nitrogen and oxygen atoms in total. The third-order valence-electron chi connectivity index (χ3n) is 2.72. The van der Waals surface area contributed by atoms with Crippen LogP contribution in [0.3, 0.4) is 0 Å². The summed E-state index contributed by atoms with van der Waals surface area (Å²) in [5, 5.41) is 13.4. The Hall–Kier alpha value is -2.31. The van der Waals surface area contributed by atoms with E-state index in [4.69, 9.17) is 9.84 Å². The minimum Gasteiger partial charge on any atom is -0.481 e. The second kappa shape index (κ2) is 4.91. The molecular formula is C11H13N3O4. The molecule has 0 spiro atoms. The van der Waals surface area contributed by atoms with Gasteiger partial charge in [0.1, 0.15) is 11.9 Å². The van der Waals surface area contributed by atoms with E-state index in [1.54, 1.807) is 6.07 Å². The topological polar surface area (TPSA) is 101 Å². The van der Waals surface area contributed by atoms with Crippen LogP contribution in [0.4, 0.5) is 10.6 Å². The summed E-state index contributed by atoms with van der Waals surface area (Å²) in [5.74, 6) is 0.421. The summed E-state index contributed by atoms with van der Waals surface area (Å²) in [6.45, 7) is 0. The van der Waals surface area contributed by atoms with Crippen molar-refractivity contribution < 1.29 is 19.4 Å². The van der Waals surface area contributed by atoms with E-state index in [9.17, 15) is 9.59 Å². The standard InChI is InChI=1S/C11H13N3O4/c1-18-8-5-3-6-2-4-7(12-11(16)17)10(15)14-9(6)13-8/h3,5,7,12H,2,4H2,1H3,(H,16,17)(H,13,14,15)/t7-/m0/s1. The van der Waals surface area contributed by atoms with Crippen molar-refractivity contribution in [2.75, 3.05) is 12.4 Å². The number of rotatable bonds is 2. The Labute approximate surface area is 103 Å². The summed E-state index contributed by atoms with van der Waals surface area (Å²) in [7, 11) is 1.49. The number of fused-ring (bicyclic) bond motifs is 1. The van der Waals surface area contributed by atoms with Crippen LogP contribution < -0.4 is 15.4 Å². The van der Waals surface area contributed by atoms with E-state index in [1.165, 1.54) is 7.11 Å². The molecule has 1 aromatic heterocycles. The van der Waals surface area contributed by atoms with Crippen LogP contribution in [0.15, 0.2) is 12.1 Å². The van der Waals surface area contributed by atoms with Gasteiger partial charge in [-0.2, -0.15) is 4.98 Å². The maximum atomic E-state index is 11.8. The summed E-state index contributed by atoms with van der Waals surface area (Å²) in [6, 6.07) is 2.75. The molecule has 2 amide bonds. The molecule has 0 fully saturated rings. The molecule has 0 unspecified atom stereocenters. The smallest absolute Gasteiger partial charge is 0.405 e. The second-order valence-electron chi connectivity index (χ2n) is 3.89. The zero-order valence-electron chi connectivity index (χ0n) is 9.77. The fourth-order valence-corrected chi connectivity index (χ4v) is 1.82. The lowest BCUT2D eigenvalue weighted by atomic mass is 10.1. The minimum absolute atomic E-state index is 0.402. The number of carbonyl (C=O) groups excluding carboxylic acids is 1. The predicted molar refractivity (Wildman–Crippen MR) is 62.7 cm³/mol. The van der Waals surface area contributed by atoms with Crippen molar-refractivity contribution in [1.29, 1.82) is 0 Å². The van der Waals surface area contributed by atoms with Crippen LogP contribution in [0.25, 0.3) is 0 Å². The SMILES string of the molecule is COc1ccc2c(n1)NC(=O)[C@@H](NC(=O)O)CC2. The van der Waals surface area contributed by atoms with Gasteiger partial charge >= 0.3 is 6.09 Å². The van der Waals surface area contributed by atoms with E-state index in [0.717, 1.165) is 5.56 Å². The van der Waals surface area contributed by atoms with Crippen molar-refractivity contribution in [3.8, 4) is 5.88 Å². The highest BCUT2D eigenvalue weighted by molar-refractivity contribution is 5.97. The Morgan fingerprint density at radius 2 is 2.39 bits per heavy atom. The molecule has 3 N–H and O–H groups in total. The third kappa shape index (κ3) is 2.50. The molecular weight excluding hydrogens is 238 g/mol. The number of amides is 2. The van der Waals surface area contributed by atoms with Crippen LogP contribution in [0.2, 0.25) is 0 Å². The Balaban J connectivity index is 2.22. The van der Waals surface area contributed by atoms with Crippen molar-refractivity contribution in [2.45, 2.75) is 18.9 Å². The number of pyridine rings is 1. The Morgan fingerprint density at radius 1 is 1.61 bits per heavy atom. The number of aryl methyl sites for hydroxylation is 1. The van der Waals surface area contributed by atoms with E-state index in [0.29, 0.717) is 24.5 Å². The summed E-state index contributed by atoms with van der Waals surface area (Å²) < 4.78 is 4.98. The molecule has 96 valence electrons. The first-order valence-electron chi connectivity index (χ1n) is 5.44. The van der Waals surface area contributed by atoms with Crippen LogP contribution in [-0.2, 0) is 11.2 Å². The molecule has 1 atom stereocenters. The molecule has 0 saturated heterocycles. The van der Waals surface area contributed by atoms with Gasteiger partial charge in [-0.3, -0.25) is 4.79 Å². The Morgan fingerprint density at radius 3 is 3.06 bits per heavy atom. The molecule has 18 heavy (non-hydrogen) atoms. The van der Waals surface area contributed by atoms with E-state index < -0.39 is 18.0 Å². The maximum Gasteiger partial charge on any atom is 0.405 e. The van der Waals surface area contributed by atoms with Crippen molar-refractivity contribution in [2.24, 2.45) is 0 Å². The monoisotopic (exact) mass is 251 g/mol. The number of nitrogens with zero attached hydrogens (tertiary/aromatic N) is 1. The normalized spacial score (nSPS) is 18.3. The Kier molecular flexibility index (Phi) is 3.31. The van der Waals surface area contributed by atoms with Gasteiger partial charge in [-0.1, -0.05) is 0 Å². The molecule has 1 aromatic rings. The van der Waals surface area contributed by atoms with Crippen LogP contribution >= 0.6 is 0 Å². The first-order valence-corrected chi connectivity index (χ1v) is 5.44. The minimum atomic E-state index is -1.22. The van der Waals surface area contributed by atoms with Gasteiger partial charge in [0.15, 0.2) is 0 Å². The number of hydrogen-bond acceptors (Lipinski definition) is 4. The lowest BCUT2D eigenvalue weighted by Gasteiger charge is -2.12. The molecule has 0 saturated carbocycles. The summed E-state index contributed by atoms with van der Waals surface area (Å²) in [4.78, 5) is 26.5. The first kappa shape index (κ1) is 12.2. The van der Waals surface area contributed by atoms with Gasteiger partial charge in [0.25, 0.3) is 0 Å². The molecule has 2 heterocycles. The lowest BCUT2D eigenvalue weighted by Crippen LogP contribution is -2.42. The average molecular weight is 251 g/mol. The van der Waals surface area contributed by atoms with Crippen LogP contribution in [0, 0.1) is 0 Å². The molecule has 2 rings (SSSR count). The average Bonchev–Trinajstić information content (AvgIpc) is 2.48. The molecule has 7 heteroatoms. The molecule has 0 aliphatic carbocycles. The van der Waals surface area contributed by atoms with Crippen LogP contribution in [0.5, 0.6) is 5.88 Å². The van der Waals surface area contributed by atoms with Gasteiger partial charge < -0.3 is 20.5 Å². The number of ether oxygens (including phenoxy) is 1. The van der Waals surface area contributed by atoms with Gasteiger partial charge in [0.2, 0.25) is 11.8 Å². The number of hydrogen-bond donors (Lipinski definition) is 3. The highest BCUT2D eigenvalue weighted by Crippen LogP contribution is 2.22. The highest BCUT2D eigenvalue weighted by atomic mass is 16.5. The van der Waals surface area contributed by atoms with E-state index in [-0.39, 0.29) is 0 Å². The van der Waals surface area contributed by atoms with Crippen molar-refractivity contribution in [3.63, 3.8) is 0 Å². The summed E-state index contributed by atoms with van der Waals surface area (Å²) >= 11 is 0. The number of anilines is 1. The molecule has 1 aliphatic heterocycles. The van der Waals surface area contributed by atoms with Crippen LogP contribution in [0.1, 0.15) is 12.0 Å². The van der Waals surface area contributed by atoms with Crippen molar-refractivity contribution in [3.05, 3.63) is 17.7 Å². The van der Waals surface area contributed by atoms with Gasteiger partial charge in [-0.05, 0) is 24.5 Å². The van der Waals surface area contributed by atoms with E-state index >= 15 is 0 Å². The molecule has 1 aliphatic rings. The zero-order chi connectivity index (χ0) is 13.1. The largest absolute Gasteiger partial charge is 0.481 e. The zero-order valence-corrected chi connectivity index (χ0v) is 9.77. The van der Waals surface area contributed by atoms with Gasteiger partial charge in [-0.15, -0.1) is 0 Å². The second-order valence-corrected chi connectivity index (χ2v) is 3.89. The highest BCUT2D eigenvalue weighted by Gasteiger charge is 2.25. The van der Waals surface area contributed by atoms with Crippen molar-refractivity contribution in [1.82, 2.24) is 10.3 Å². The Bertz CT molecular complexity index is 489. The molecule has 0 radical (unpaired) electrons. The van der Waals surface area contributed by atoms with E-state index in [2.05, 4.69) is 15.6 Å². The lowest BCUT2D eigenvalue weighted by molar-refractivity contribution is -0.118. The number of nitrogens with one attached hydrogen (secondary N) is 2. The van der Waals surface area contributed by atoms with Gasteiger partial charge in [0, 0.05) is 6.07 Å². The third-order valence-corrected chi connectivity index (χ3v) is 2.72. The molecule has 0 aromatic carbocycles. The maximum absolute atomic E-state index is 11.8. The molecule has 0 bridgehead atoms. The fourth-order valence-electron chi connectivity index (χ4n) is 1.82. The number of aromatic nitrogens is 1. The summed E-state index contributed by atoms with van der Waals surface area (Å²) in [5.41, 5.74) is 0.860.